The van der Waals surface area contributed by atoms with E-state index in [1.165, 1.54) is 6.33 Å². The predicted molar refractivity (Wildman–Crippen MR) is 91.2 cm³/mol. The van der Waals surface area contributed by atoms with Crippen LogP contribution in [0.2, 0.25) is 10.0 Å². The first-order valence-electron chi connectivity index (χ1n) is 7.81. The maximum absolute atomic E-state index is 12.9. The minimum atomic E-state index is -0.270. The molecule has 2 bridgehead atoms. The van der Waals surface area contributed by atoms with Gasteiger partial charge in [-0.2, -0.15) is 0 Å². The second-order valence-corrected chi connectivity index (χ2v) is 6.91. The van der Waals surface area contributed by atoms with Crippen LogP contribution in [-0.2, 0) is 9.53 Å². The first-order chi connectivity index (χ1) is 11.6. The predicted octanol–water partition coefficient (Wildman–Crippen LogP) is 3.68. The van der Waals surface area contributed by atoms with Crippen LogP contribution in [0, 0.1) is 5.92 Å². The number of amides is 1. The third-order valence-electron chi connectivity index (χ3n) is 4.71. The Kier molecular flexibility index (Phi) is 4.16. The van der Waals surface area contributed by atoms with Gasteiger partial charge >= 0.3 is 0 Å². The van der Waals surface area contributed by atoms with E-state index in [4.69, 9.17) is 27.9 Å². The van der Waals surface area contributed by atoms with E-state index in [0.29, 0.717) is 15.7 Å². The normalized spacial score (nSPS) is 28.1. The van der Waals surface area contributed by atoms with Crippen LogP contribution in [0.15, 0.2) is 36.8 Å². The number of nitrogens with one attached hydrogen (secondary N) is 1. The maximum Gasteiger partial charge on any atom is 0.230 e. The number of aromatic nitrogens is 2. The number of carbonyl (C=O) groups is 1. The zero-order valence-corrected chi connectivity index (χ0v) is 14.2. The van der Waals surface area contributed by atoms with Gasteiger partial charge in [0.2, 0.25) is 5.91 Å². The molecule has 24 heavy (non-hydrogen) atoms. The van der Waals surface area contributed by atoms with Crippen molar-refractivity contribution in [3.8, 4) is 0 Å². The molecule has 0 spiro atoms. The number of hydrogen-bond donors (Lipinski definition) is 1. The molecule has 1 N–H and O–H groups in total. The number of hydrogen-bond acceptors (Lipinski definition) is 4. The first-order valence-corrected chi connectivity index (χ1v) is 8.56. The van der Waals surface area contributed by atoms with Crippen molar-refractivity contribution in [3.63, 3.8) is 0 Å². The minimum Gasteiger partial charge on any atom is -0.373 e. The molecular formula is C17H15Cl2N3O2. The highest BCUT2D eigenvalue weighted by molar-refractivity contribution is 6.42. The molecule has 2 aromatic rings. The number of rotatable bonds is 3. The van der Waals surface area contributed by atoms with Crippen molar-refractivity contribution in [1.82, 2.24) is 9.97 Å². The van der Waals surface area contributed by atoms with Gasteiger partial charge in [-0.15, -0.1) is 0 Å². The van der Waals surface area contributed by atoms with Crippen molar-refractivity contribution < 1.29 is 9.53 Å². The number of ether oxygens (including phenoxy) is 1. The highest BCUT2D eigenvalue weighted by Crippen LogP contribution is 2.48. The zero-order chi connectivity index (χ0) is 16.7. The second kappa shape index (κ2) is 6.31. The van der Waals surface area contributed by atoms with Crippen LogP contribution in [-0.4, -0.2) is 28.1 Å². The van der Waals surface area contributed by atoms with Gasteiger partial charge in [-0.1, -0.05) is 23.2 Å². The second-order valence-electron chi connectivity index (χ2n) is 6.09. The SMILES string of the molecule is O=C(Nc1ccc(Cl)c(Cl)c1)[C@@H]1[C@@H](c2ccncn2)[C@@H]2CC[C@H]1O2. The summed E-state index contributed by atoms with van der Waals surface area (Å²) >= 11 is 11.9. The lowest BCUT2D eigenvalue weighted by Crippen LogP contribution is -2.36. The van der Waals surface area contributed by atoms with Crippen LogP contribution >= 0.6 is 23.2 Å². The Bertz CT molecular complexity index is 772. The Morgan fingerprint density at radius 2 is 2.00 bits per heavy atom. The van der Waals surface area contributed by atoms with E-state index in [9.17, 15) is 4.79 Å². The van der Waals surface area contributed by atoms with Crippen molar-refractivity contribution >= 4 is 34.8 Å². The summed E-state index contributed by atoms with van der Waals surface area (Å²) in [7, 11) is 0. The van der Waals surface area contributed by atoms with Crippen LogP contribution < -0.4 is 5.32 Å². The third-order valence-corrected chi connectivity index (χ3v) is 5.45. The summed E-state index contributed by atoms with van der Waals surface area (Å²) in [5, 5.41) is 3.79. The van der Waals surface area contributed by atoms with E-state index in [1.807, 2.05) is 6.07 Å². The zero-order valence-electron chi connectivity index (χ0n) is 12.7. The highest BCUT2D eigenvalue weighted by atomic mass is 35.5. The van der Waals surface area contributed by atoms with E-state index in [-0.39, 0.29) is 30.0 Å². The van der Waals surface area contributed by atoms with Gasteiger partial charge in [0.1, 0.15) is 6.33 Å². The molecular weight excluding hydrogens is 349 g/mol. The fourth-order valence-corrected chi connectivity index (χ4v) is 3.98. The molecule has 2 aliphatic heterocycles. The maximum atomic E-state index is 12.9. The lowest BCUT2D eigenvalue weighted by Gasteiger charge is -2.26. The van der Waals surface area contributed by atoms with Gasteiger partial charge in [-0.05, 0) is 37.1 Å². The summed E-state index contributed by atoms with van der Waals surface area (Å²) < 4.78 is 5.99. The number of fused-ring (bicyclic) bond motifs is 2. The summed E-state index contributed by atoms with van der Waals surface area (Å²) in [4.78, 5) is 21.2. The molecule has 2 saturated heterocycles. The summed E-state index contributed by atoms with van der Waals surface area (Å²) in [6.07, 6.45) is 5.02. The topological polar surface area (TPSA) is 64.1 Å². The number of benzene rings is 1. The van der Waals surface area contributed by atoms with Crippen LogP contribution in [0.25, 0.3) is 0 Å². The number of anilines is 1. The average Bonchev–Trinajstić information content (AvgIpc) is 3.20. The van der Waals surface area contributed by atoms with Crippen molar-refractivity contribution in [2.75, 3.05) is 5.32 Å². The van der Waals surface area contributed by atoms with E-state index >= 15 is 0 Å². The molecule has 2 aliphatic rings. The molecule has 1 aromatic carbocycles. The van der Waals surface area contributed by atoms with Crippen LogP contribution in [0.5, 0.6) is 0 Å². The van der Waals surface area contributed by atoms with E-state index < -0.39 is 0 Å². The molecule has 0 unspecified atom stereocenters. The Morgan fingerprint density at radius 1 is 1.17 bits per heavy atom. The molecule has 5 nitrogen and oxygen atoms in total. The summed E-state index contributed by atoms with van der Waals surface area (Å²) in [6, 6.07) is 6.91. The van der Waals surface area contributed by atoms with Gasteiger partial charge < -0.3 is 10.1 Å². The molecule has 0 radical (unpaired) electrons. The van der Waals surface area contributed by atoms with Crippen molar-refractivity contribution in [3.05, 3.63) is 52.5 Å². The number of nitrogens with zero attached hydrogens (tertiary/aromatic N) is 2. The van der Waals surface area contributed by atoms with Gasteiger partial charge in [0.05, 0.1) is 33.9 Å². The first kappa shape index (κ1) is 15.8. The fraction of sp³-hybridized carbons (Fsp3) is 0.353. The molecule has 2 fully saturated rings. The number of halogens is 2. The van der Waals surface area contributed by atoms with Gasteiger partial charge in [0.15, 0.2) is 0 Å². The van der Waals surface area contributed by atoms with Gasteiger partial charge in [0, 0.05) is 17.8 Å². The van der Waals surface area contributed by atoms with E-state index in [1.54, 1.807) is 24.4 Å². The van der Waals surface area contributed by atoms with E-state index in [2.05, 4.69) is 15.3 Å². The monoisotopic (exact) mass is 363 g/mol. The lowest BCUT2D eigenvalue weighted by atomic mass is 9.77. The third kappa shape index (κ3) is 2.77. The van der Waals surface area contributed by atoms with Crippen molar-refractivity contribution in [2.24, 2.45) is 5.92 Å². The smallest absolute Gasteiger partial charge is 0.230 e. The van der Waals surface area contributed by atoms with Crippen molar-refractivity contribution in [1.29, 1.82) is 0 Å². The molecule has 124 valence electrons. The lowest BCUT2D eigenvalue weighted by molar-refractivity contribution is -0.121. The Hall–Kier alpha value is -1.69. The fourth-order valence-electron chi connectivity index (χ4n) is 3.68. The summed E-state index contributed by atoms with van der Waals surface area (Å²) in [5.74, 6) is -0.396. The van der Waals surface area contributed by atoms with Gasteiger partial charge in [0.25, 0.3) is 0 Å². The molecule has 1 amide bonds. The summed E-state index contributed by atoms with van der Waals surface area (Å²) in [5.41, 5.74) is 1.48. The Morgan fingerprint density at radius 3 is 2.75 bits per heavy atom. The van der Waals surface area contributed by atoms with Gasteiger partial charge in [-0.25, -0.2) is 9.97 Å². The minimum absolute atomic E-state index is 0.0365. The Balaban J connectivity index is 1.59. The molecule has 1 aromatic heterocycles. The molecule has 4 atom stereocenters. The van der Waals surface area contributed by atoms with Crippen LogP contribution in [0.3, 0.4) is 0 Å². The summed E-state index contributed by atoms with van der Waals surface area (Å²) in [6.45, 7) is 0. The Labute approximate surface area is 149 Å². The molecule has 3 heterocycles. The molecule has 7 heteroatoms. The van der Waals surface area contributed by atoms with E-state index in [0.717, 1.165) is 18.5 Å². The number of carbonyl (C=O) groups excluding carboxylic acids is 1. The van der Waals surface area contributed by atoms with Crippen LogP contribution in [0.1, 0.15) is 24.5 Å². The van der Waals surface area contributed by atoms with Gasteiger partial charge in [-0.3, -0.25) is 4.79 Å². The molecule has 0 aliphatic carbocycles. The standard InChI is InChI=1S/C17H15Cl2N3O2/c18-10-2-1-9(7-11(10)19)22-17(23)16-14-4-3-13(24-14)15(16)12-5-6-20-8-21-12/h1-2,5-8,13-16H,3-4H2,(H,22,23)/t13-,14+,15-,16-/m0/s1. The average molecular weight is 364 g/mol. The largest absolute Gasteiger partial charge is 0.373 e. The van der Waals surface area contributed by atoms with Crippen molar-refractivity contribution in [2.45, 2.75) is 31.0 Å². The quantitative estimate of drug-likeness (QED) is 0.903. The molecule has 0 saturated carbocycles. The van der Waals surface area contributed by atoms with Crippen LogP contribution in [0.4, 0.5) is 5.69 Å². The molecule has 4 rings (SSSR count). The highest BCUT2D eigenvalue weighted by Gasteiger charge is 2.53.